The molecular weight excluding hydrogens is 350 g/mol. The van der Waals surface area contributed by atoms with Crippen molar-refractivity contribution in [1.29, 1.82) is 0 Å². The van der Waals surface area contributed by atoms with Gasteiger partial charge in [0, 0.05) is 29.9 Å². The van der Waals surface area contributed by atoms with Crippen LogP contribution in [0.3, 0.4) is 0 Å². The third kappa shape index (κ3) is 6.16. The van der Waals surface area contributed by atoms with Crippen molar-refractivity contribution in [3.63, 3.8) is 0 Å². The van der Waals surface area contributed by atoms with Crippen molar-refractivity contribution in [2.24, 2.45) is 0 Å². The third-order valence-corrected chi connectivity index (χ3v) is 6.20. The number of nitrogens with one attached hydrogen (secondary N) is 3. The monoisotopic (exact) mass is 375 g/mol. The van der Waals surface area contributed by atoms with Crippen molar-refractivity contribution in [2.45, 2.75) is 75.2 Å². The first kappa shape index (κ1) is 19.4. The van der Waals surface area contributed by atoms with Gasteiger partial charge in [0.1, 0.15) is 0 Å². The summed E-state index contributed by atoms with van der Waals surface area (Å²) in [5, 5.41) is 9.00. The third-order valence-electron chi connectivity index (χ3n) is 4.50. The number of halogens is 1. The molecule has 6 nitrogen and oxygen atoms in total. The zero-order valence-corrected chi connectivity index (χ0v) is 15.5. The number of thioether (sulfide) groups is 1. The normalized spacial score (nSPS) is 26.4. The smallest absolute Gasteiger partial charge is 0.315 e. The first-order chi connectivity index (χ1) is 11.5. The summed E-state index contributed by atoms with van der Waals surface area (Å²) in [6.07, 6.45) is 5.20. The van der Waals surface area contributed by atoms with E-state index in [2.05, 4.69) is 16.0 Å². The molecule has 2 saturated heterocycles. The second-order valence-corrected chi connectivity index (χ2v) is 8.28. The zero-order chi connectivity index (χ0) is 17.5. The molecule has 0 aliphatic carbocycles. The Morgan fingerprint density at radius 1 is 1.29 bits per heavy atom. The maximum Gasteiger partial charge on any atom is 0.315 e. The summed E-state index contributed by atoms with van der Waals surface area (Å²) in [6, 6.07) is 0.511. The Hall–Kier alpha value is -0.950. The minimum atomic E-state index is -0.325. The molecule has 0 aromatic carbocycles. The fourth-order valence-electron chi connectivity index (χ4n) is 3.24. The topological polar surface area (TPSA) is 87.3 Å². The molecule has 2 aliphatic heterocycles. The molecule has 0 saturated carbocycles. The second-order valence-electron chi connectivity index (χ2n) is 6.58. The van der Waals surface area contributed by atoms with Crippen molar-refractivity contribution < 1.29 is 14.4 Å². The maximum atomic E-state index is 11.9. The fourth-order valence-corrected chi connectivity index (χ4v) is 4.92. The number of carbonyl (C=O) groups is 3. The van der Waals surface area contributed by atoms with E-state index in [1.54, 1.807) is 0 Å². The van der Waals surface area contributed by atoms with Crippen LogP contribution in [0, 0.1) is 0 Å². The molecule has 8 heteroatoms. The average Bonchev–Trinajstić information content (AvgIpc) is 3.02. The van der Waals surface area contributed by atoms with E-state index in [1.165, 1.54) is 0 Å². The number of rotatable bonds is 10. The number of unbranched alkanes of at least 4 members (excludes halogenated alkanes) is 1. The summed E-state index contributed by atoms with van der Waals surface area (Å²) < 4.78 is 0. The molecule has 24 heavy (non-hydrogen) atoms. The van der Waals surface area contributed by atoms with E-state index in [1.807, 2.05) is 18.7 Å². The molecule has 0 radical (unpaired) electrons. The summed E-state index contributed by atoms with van der Waals surface area (Å²) >= 11 is 7.19. The van der Waals surface area contributed by atoms with Crippen LogP contribution >= 0.6 is 23.4 Å². The Morgan fingerprint density at radius 2 is 2.08 bits per heavy atom. The maximum absolute atomic E-state index is 11.9. The van der Waals surface area contributed by atoms with Gasteiger partial charge in [0.05, 0.1) is 12.1 Å². The Kier molecular flexibility index (Phi) is 7.68. The van der Waals surface area contributed by atoms with Gasteiger partial charge in [-0.1, -0.05) is 6.42 Å². The lowest BCUT2D eigenvalue weighted by Gasteiger charge is -2.17. The van der Waals surface area contributed by atoms with Gasteiger partial charge in [0.2, 0.25) is 11.1 Å². The van der Waals surface area contributed by atoms with Gasteiger partial charge in [0.25, 0.3) is 0 Å². The van der Waals surface area contributed by atoms with Crippen LogP contribution in [0.15, 0.2) is 0 Å². The lowest BCUT2D eigenvalue weighted by atomic mass is 10.0. The Labute approximate surface area is 152 Å². The van der Waals surface area contributed by atoms with Crippen LogP contribution in [0.4, 0.5) is 4.79 Å². The Morgan fingerprint density at radius 3 is 2.83 bits per heavy atom. The van der Waals surface area contributed by atoms with Crippen LogP contribution < -0.4 is 16.0 Å². The molecule has 3 N–H and O–H groups in total. The summed E-state index contributed by atoms with van der Waals surface area (Å²) in [5.74, 6) is 1.03. The quantitative estimate of drug-likeness (QED) is 0.310. The molecule has 0 aromatic rings. The van der Waals surface area contributed by atoms with E-state index in [0.29, 0.717) is 24.5 Å². The number of carbonyl (C=O) groups excluding carboxylic acids is 3. The molecule has 0 bridgehead atoms. The first-order valence-electron chi connectivity index (χ1n) is 8.62. The van der Waals surface area contributed by atoms with Crippen LogP contribution in [0.5, 0.6) is 0 Å². The van der Waals surface area contributed by atoms with Gasteiger partial charge in [-0.05, 0) is 44.2 Å². The minimum Gasteiger partial charge on any atom is -0.354 e. The SMILES string of the molecule is CC(CCCC(=O)Cl)NC(=O)CCCC[C@@H]1SC[C@@H]2NC(=O)N[C@@H]21. The molecule has 4 atom stereocenters. The molecule has 0 spiro atoms. The van der Waals surface area contributed by atoms with Crippen LogP contribution in [-0.2, 0) is 9.59 Å². The summed E-state index contributed by atoms with van der Waals surface area (Å²) in [4.78, 5) is 33.9. The van der Waals surface area contributed by atoms with Crippen LogP contribution in [0.1, 0.15) is 51.9 Å². The van der Waals surface area contributed by atoms with E-state index in [9.17, 15) is 14.4 Å². The van der Waals surface area contributed by atoms with E-state index in [0.717, 1.165) is 31.4 Å². The lowest BCUT2D eigenvalue weighted by Crippen LogP contribution is -2.36. The van der Waals surface area contributed by atoms with Gasteiger partial charge in [0.15, 0.2) is 0 Å². The van der Waals surface area contributed by atoms with Crippen molar-refractivity contribution >= 4 is 40.5 Å². The Balaban J connectivity index is 1.53. The lowest BCUT2D eigenvalue weighted by molar-refractivity contribution is -0.121. The number of fused-ring (bicyclic) bond motifs is 1. The van der Waals surface area contributed by atoms with E-state index < -0.39 is 0 Å². The van der Waals surface area contributed by atoms with Crippen molar-refractivity contribution in [1.82, 2.24) is 16.0 Å². The largest absolute Gasteiger partial charge is 0.354 e. The van der Waals surface area contributed by atoms with Crippen molar-refractivity contribution in [2.75, 3.05) is 5.75 Å². The molecular formula is C16H26ClN3O3S. The van der Waals surface area contributed by atoms with Crippen molar-refractivity contribution in [3.05, 3.63) is 0 Å². The number of hydrogen-bond donors (Lipinski definition) is 3. The highest BCUT2D eigenvalue weighted by Crippen LogP contribution is 2.33. The van der Waals surface area contributed by atoms with E-state index in [4.69, 9.17) is 11.6 Å². The summed E-state index contributed by atoms with van der Waals surface area (Å²) in [6.45, 7) is 1.95. The molecule has 2 fully saturated rings. The molecule has 2 aliphatic rings. The molecule has 136 valence electrons. The van der Waals surface area contributed by atoms with Gasteiger partial charge >= 0.3 is 6.03 Å². The number of hydrogen-bond acceptors (Lipinski definition) is 4. The van der Waals surface area contributed by atoms with Crippen LogP contribution in [-0.4, -0.2) is 46.3 Å². The average molecular weight is 376 g/mol. The highest BCUT2D eigenvalue weighted by atomic mass is 35.5. The second kappa shape index (κ2) is 9.51. The van der Waals surface area contributed by atoms with Crippen LogP contribution in [0.2, 0.25) is 0 Å². The van der Waals surface area contributed by atoms with E-state index >= 15 is 0 Å². The summed E-state index contributed by atoms with van der Waals surface area (Å²) in [7, 11) is 0. The minimum absolute atomic E-state index is 0.0560. The molecule has 1 unspecified atom stereocenters. The molecule has 3 amide bonds. The number of amides is 3. The highest BCUT2D eigenvalue weighted by molar-refractivity contribution is 8.00. The number of urea groups is 1. The van der Waals surface area contributed by atoms with Crippen molar-refractivity contribution in [3.8, 4) is 0 Å². The first-order valence-corrected chi connectivity index (χ1v) is 10.0. The summed E-state index contributed by atoms with van der Waals surface area (Å²) in [5.41, 5.74) is 0. The van der Waals surface area contributed by atoms with Gasteiger partial charge < -0.3 is 16.0 Å². The molecule has 0 aromatic heterocycles. The van der Waals surface area contributed by atoms with Gasteiger partial charge in [-0.25, -0.2) is 4.79 Å². The Bertz CT molecular complexity index is 477. The predicted octanol–water partition coefficient (Wildman–Crippen LogP) is 2.15. The van der Waals surface area contributed by atoms with Gasteiger partial charge in [-0.15, -0.1) is 0 Å². The van der Waals surface area contributed by atoms with Crippen LogP contribution in [0.25, 0.3) is 0 Å². The molecule has 2 heterocycles. The van der Waals surface area contributed by atoms with E-state index in [-0.39, 0.29) is 35.3 Å². The fraction of sp³-hybridized carbons (Fsp3) is 0.812. The standard InChI is InChI=1S/C16H26ClN3O3S/c1-10(5-4-7-13(17)21)18-14(22)8-3-2-6-12-15-11(9-24-12)19-16(23)20-15/h10-12,15H,2-9H2,1H3,(H,18,22)(H2,19,20,23)/t10?,11-,12-,15-/m0/s1. The van der Waals surface area contributed by atoms with Gasteiger partial charge in [-0.2, -0.15) is 11.8 Å². The predicted molar refractivity (Wildman–Crippen MR) is 96.3 cm³/mol. The van der Waals surface area contributed by atoms with Gasteiger partial charge in [-0.3, -0.25) is 9.59 Å². The molecule has 2 rings (SSSR count). The zero-order valence-electron chi connectivity index (χ0n) is 14.0. The highest BCUT2D eigenvalue weighted by Gasteiger charge is 2.42.